The lowest BCUT2D eigenvalue weighted by molar-refractivity contribution is 0.597. The molecule has 1 aliphatic rings. The van der Waals surface area contributed by atoms with Crippen molar-refractivity contribution in [2.24, 2.45) is 0 Å². The van der Waals surface area contributed by atoms with Crippen LogP contribution in [-0.4, -0.2) is 17.0 Å². The van der Waals surface area contributed by atoms with Crippen molar-refractivity contribution < 1.29 is 0 Å². The summed E-state index contributed by atoms with van der Waals surface area (Å²) in [7, 11) is 1.92. The molecule has 1 N–H and O–H groups in total. The van der Waals surface area contributed by atoms with Crippen LogP contribution in [0.5, 0.6) is 0 Å². The smallest absolute Gasteiger partial charge is 0.144 e. The lowest BCUT2D eigenvalue weighted by atomic mass is 10.0. The van der Waals surface area contributed by atoms with E-state index >= 15 is 0 Å². The molecular formula is C13H20BrN3. The highest BCUT2D eigenvalue weighted by atomic mass is 79.9. The van der Waals surface area contributed by atoms with E-state index in [4.69, 9.17) is 4.98 Å². The van der Waals surface area contributed by atoms with Gasteiger partial charge in [0.05, 0.1) is 10.2 Å². The monoisotopic (exact) mass is 297 g/mol. The lowest BCUT2D eigenvalue weighted by Crippen LogP contribution is -2.09. The molecule has 0 saturated heterocycles. The maximum atomic E-state index is 4.79. The van der Waals surface area contributed by atoms with Crippen LogP contribution in [0.15, 0.2) is 4.47 Å². The molecule has 1 aromatic rings. The minimum Gasteiger partial charge on any atom is -0.372 e. The Labute approximate surface area is 112 Å². The van der Waals surface area contributed by atoms with E-state index in [0.717, 1.165) is 29.0 Å². The molecule has 17 heavy (non-hydrogen) atoms. The van der Waals surface area contributed by atoms with Gasteiger partial charge in [-0.25, -0.2) is 9.97 Å². The Morgan fingerprint density at radius 3 is 2.41 bits per heavy atom. The molecule has 94 valence electrons. The second-order valence-corrected chi connectivity index (χ2v) is 5.46. The first-order valence-electron chi connectivity index (χ1n) is 6.46. The van der Waals surface area contributed by atoms with E-state index in [1.807, 2.05) is 7.05 Å². The molecule has 0 atom stereocenters. The second-order valence-electron chi connectivity index (χ2n) is 4.67. The largest absolute Gasteiger partial charge is 0.372 e. The topological polar surface area (TPSA) is 37.8 Å². The van der Waals surface area contributed by atoms with Gasteiger partial charge < -0.3 is 5.32 Å². The summed E-state index contributed by atoms with van der Waals surface area (Å²) in [6, 6.07) is 0. The third kappa shape index (κ3) is 2.62. The molecule has 1 aromatic heterocycles. The Bertz CT molecular complexity index is 398. The predicted molar refractivity (Wildman–Crippen MR) is 74.6 cm³/mol. The summed E-state index contributed by atoms with van der Waals surface area (Å²) < 4.78 is 1.05. The maximum absolute atomic E-state index is 4.79. The summed E-state index contributed by atoms with van der Waals surface area (Å²) in [4.78, 5) is 9.42. The fourth-order valence-corrected chi connectivity index (χ4v) is 2.81. The number of aromatic nitrogens is 2. The van der Waals surface area contributed by atoms with Gasteiger partial charge in [0.25, 0.3) is 0 Å². The SMILES string of the molecule is CCC(CC)c1nc(NC)c(Br)c(C2CC2)n1. The Morgan fingerprint density at radius 2 is 1.94 bits per heavy atom. The fraction of sp³-hybridized carbons (Fsp3) is 0.692. The lowest BCUT2D eigenvalue weighted by Gasteiger charge is -2.15. The highest BCUT2D eigenvalue weighted by Crippen LogP contribution is 2.44. The standard InChI is InChI=1S/C13H20BrN3/c1-4-8(5-2)12-16-11(9-6-7-9)10(14)13(15-3)17-12/h8-9H,4-7H2,1-3H3,(H,15,16,17). The molecule has 0 amide bonds. The van der Waals surface area contributed by atoms with Gasteiger partial charge in [0, 0.05) is 18.9 Å². The van der Waals surface area contributed by atoms with Gasteiger partial charge in [-0.1, -0.05) is 13.8 Å². The number of nitrogens with one attached hydrogen (secondary N) is 1. The zero-order valence-electron chi connectivity index (χ0n) is 10.8. The molecule has 0 bridgehead atoms. The van der Waals surface area contributed by atoms with Gasteiger partial charge in [0.15, 0.2) is 0 Å². The highest BCUT2D eigenvalue weighted by molar-refractivity contribution is 9.10. The summed E-state index contributed by atoms with van der Waals surface area (Å²) in [6.07, 6.45) is 4.74. The molecule has 0 aromatic carbocycles. The van der Waals surface area contributed by atoms with Crippen LogP contribution in [0, 0.1) is 0 Å². The van der Waals surface area contributed by atoms with E-state index < -0.39 is 0 Å². The van der Waals surface area contributed by atoms with Crippen molar-refractivity contribution in [1.29, 1.82) is 0 Å². The van der Waals surface area contributed by atoms with Crippen LogP contribution < -0.4 is 5.32 Å². The van der Waals surface area contributed by atoms with Crippen LogP contribution >= 0.6 is 15.9 Å². The van der Waals surface area contributed by atoms with E-state index in [1.54, 1.807) is 0 Å². The molecule has 0 radical (unpaired) electrons. The Hall–Kier alpha value is -0.640. The Balaban J connectivity index is 2.42. The number of hydrogen-bond donors (Lipinski definition) is 1. The Kier molecular flexibility index (Phi) is 4.02. The summed E-state index contributed by atoms with van der Waals surface area (Å²) in [6.45, 7) is 4.41. The second kappa shape index (κ2) is 5.34. The predicted octanol–water partition coefficient (Wildman–Crippen LogP) is 4.06. The zero-order chi connectivity index (χ0) is 12.4. The van der Waals surface area contributed by atoms with Crippen LogP contribution in [0.1, 0.15) is 62.9 Å². The minimum absolute atomic E-state index is 0.479. The van der Waals surface area contributed by atoms with Crippen LogP contribution in [0.2, 0.25) is 0 Å². The third-order valence-corrected chi connectivity index (χ3v) is 4.23. The van der Waals surface area contributed by atoms with E-state index in [-0.39, 0.29) is 0 Å². The zero-order valence-corrected chi connectivity index (χ0v) is 12.3. The number of rotatable bonds is 5. The van der Waals surface area contributed by atoms with Gasteiger partial charge >= 0.3 is 0 Å². The van der Waals surface area contributed by atoms with Gasteiger partial charge in [-0.05, 0) is 41.6 Å². The van der Waals surface area contributed by atoms with Crippen LogP contribution in [0.25, 0.3) is 0 Å². The Morgan fingerprint density at radius 1 is 1.29 bits per heavy atom. The van der Waals surface area contributed by atoms with E-state index in [1.165, 1.54) is 18.5 Å². The van der Waals surface area contributed by atoms with E-state index in [2.05, 4.69) is 40.1 Å². The molecule has 2 rings (SSSR count). The average molecular weight is 298 g/mol. The number of nitrogens with zero attached hydrogens (tertiary/aromatic N) is 2. The first-order valence-corrected chi connectivity index (χ1v) is 7.25. The van der Waals surface area contributed by atoms with Gasteiger partial charge in [-0.15, -0.1) is 0 Å². The number of halogens is 1. The summed E-state index contributed by atoms with van der Waals surface area (Å²) >= 11 is 3.62. The molecule has 4 heteroatoms. The van der Waals surface area contributed by atoms with Crippen LogP contribution in [0.3, 0.4) is 0 Å². The third-order valence-electron chi connectivity index (χ3n) is 3.45. The van der Waals surface area contributed by atoms with E-state index in [0.29, 0.717) is 11.8 Å². The first-order chi connectivity index (χ1) is 8.21. The van der Waals surface area contributed by atoms with Crippen LogP contribution in [0.4, 0.5) is 5.82 Å². The van der Waals surface area contributed by atoms with Gasteiger partial charge in [-0.2, -0.15) is 0 Å². The number of anilines is 1. The number of hydrogen-bond acceptors (Lipinski definition) is 3. The fourth-order valence-electron chi connectivity index (χ4n) is 2.11. The molecule has 1 heterocycles. The molecule has 0 spiro atoms. The van der Waals surface area contributed by atoms with Gasteiger partial charge in [0.2, 0.25) is 0 Å². The van der Waals surface area contributed by atoms with Crippen molar-refractivity contribution in [3.05, 3.63) is 16.0 Å². The molecule has 0 aliphatic heterocycles. The molecule has 1 saturated carbocycles. The van der Waals surface area contributed by atoms with Crippen molar-refractivity contribution in [3.63, 3.8) is 0 Å². The van der Waals surface area contributed by atoms with Gasteiger partial charge in [-0.3, -0.25) is 0 Å². The van der Waals surface area contributed by atoms with Crippen molar-refractivity contribution in [1.82, 2.24) is 9.97 Å². The van der Waals surface area contributed by atoms with Crippen molar-refractivity contribution in [2.45, 2.75) is 51.4 Å². The maximum Gasteiger partial charge on any atom is 0.144 e. The summed E-state index contributed by atoms with van der Waals surface area (Å²) in [5.41, 5.74) is 1.20. The van der Waals surface area contributed by atoms with Crippen molar-refractivity contribution >= 4 is 21.7 Å². The van der Waals surface area contributed by atoms with E-state index in [9.17, 15) is 0 Å². The first kappa shape index (κ1) is 12.8. The molecule has 1 aliphatic carbocycles. The van der Waals surface area contributed by atoms with Crippen molar-refractivity contribution in [2.75, 3.05) is 12.4 Å². The van der Waals surface area contributed by atoms with Crippen molar-refractivity contribution in [3.8, 4) is 0 Å². The normalized spacial score (nSPS) is 15.4. The summed E-state index contributed by atoms with van der Waals surface area (Å²) in [5.74, 6) is 3.06. The van der Waals surface area contributed by atoms with Gasteiger partial charge in [0.1, 0.15) is 11.6 Å². The molecule has 1 fully saturated rings. The quantitative estimate of drug-likeness (QED) is 0.890. The molecule has 0 unspecified atom stereocenters. The molecular weight excluding hydrogens is 278 g/mol. The highest BCUT2D eigenvalue weighted by Gasteiger charge is 2.30. The average Bonchev–Trinajstić information content (AvgIpc) is 3.16. The van der Waals surface area contributed by atoms with Crippen LogP contribution in [-0.2, 0) is 0 Å². The molecule has 3 nitrogen and oxygen atoms in total. The summed E-state index contributed by atoms with van der Waals surface area (Å²) in [5, 5.41) is 3.16. The minimum atomic E-state index is 0.479.